The fourth-order valence-electron chi connectivity index (χ4n) is 2.34. The summed E-state index contributed by atoms with van der Waals surface area (Å²) in [5.74, 6) is -0.0154. The average molecular weight is 298 g/mol. The molecule has 0 aliphatic rings. The van der Waals surface area contributed by atoms with Crippen LogP contribution in [-0.2, 0) is 11.2 Å². The van der Waals surface area contributed by atoms with Crippen LogP contribution in [0.2, 0.25) is 0 Å². The Kier molecular flexibility index (Phi) is 6.10. The van der Waals surface area contributed by atoms with E-state index in [-0.39, 0.29) is 11.9 Å². The Labute approximate surface area is 131 Å². The average Bonchev–Trinajstić information content (AvgIpc) is 2.54. The summed E-state index contributed by atoms with van der Waals surface area (Å²) in [7, 11) is 0. The van der Waals surface area contributed by atoms with E-state index in [2.05, 4.69) is 10.3 Å². The molecule has 0 saturated carbocycles. The molecule has 0 radical (unpaired) electrons. The second-order valence-electron chi connectivity index (χ2n) is 5.45. The third-order valence-corrected chi connectivity index (χ3v) is 3.50. The Morgan fingerprint density at radius 2 is 1.91 bits per heavy atom. The molecule has 116 valence electrons. The number of pyridine rings is 1. The van der Waals surface area contributed by atoms with Crippen molar-refractivity contribution < 1.29 is 9.90 Å². The van der Waals surface area contributed by atoms with Crippen molar-refractivity contribution in [3.63, 3.8) is 0 Å². The molecule has 0 spiro atoms. The number of nitrogens with zero attached hydrogens (tertiary/aromatic N) is 1. The van der Waals surface area contributed by atoms with Crippen molar-refractivity contribution in [3.8, 4) is 0 Å². The van der Waals surface area contributed by atoms with Crippen molar-refractivity contribution >= 4 is 5.91 Å². The molecule has 1 heterocycles. The summed E-state index contributed by atoms with van der Waals surface area (Å²) >= 11 is 0. The molecular formula is C18H22N2O2. The van der Waals surface area contributed by atoms with Gasteiger partial charge in [0.2, 0.25) is 5.91 Å². The first-order valence-corrected chi connectivity index (χ1v) is 7.57. The van der Waals surface area contributed by atoms with E-state index in [0.717, 1.165) is 11.3 Å². The minimum atomic E-state index is -0.563. The number of amides is 1. The largest absolute Gasteiger partial charge is 0.388 e. The molecule has 2 aromatic rings. The SMILES string of the molecule is C[C@H](C[C@@H](O)c1ccccc1)NC(=O)CCc1ccccn1. The summed E-state index contributed by atoms with van der Waals surface area (Å²) in [6, 6.07) is 15.1. The van der Waals surface area contributed by atoms with Crippen LogP contribution in [-0.4, -0.2) is 22.0 Å². The predicted molar refractivity (Wildman–Crippen MR) is 86.2 cm³/mol. The summed E-state index contributed by atoms with van der Waals surface area (Å²) in [5.41, 5.74) is 1.78. The maximum atomic E-state index is 11.9. The van der Waals surface area contributed by atoms with E-state index in [1.165, 1.54) is 0 Å². The number of rotatable bonds is 7. The Hall–Kier alpha value is -2.20. The van der Waals surface area contributed by atoms with Crippen LogP contribution < -0.4 is 5.32 Å². The van der Waals surface area contributed by atoms with E-state index in [4.69, 9.17) is 0 Å². The topological polar surface area (TPSA) is 62.2 Å². The Bertz CT molecular complexity index is 572. The van der Waals surface area contributed by atoms with E-state index < -0.39 is 6.10 Å². The molecular weight excluding hydrogens is 276 g/mol. The number of aliphatic hydroxyl groups excluding tert-OH is 1. The van der Waals surface area contributed by atoms with Crippen molar-refractivity contribution in [3.05, 3.63) is 66.0 Å². The fraction of sp³-hybridized carbons (Fsp3) is 0.333. The standard InChI is InChI=1S/C18H22N2O2/c1-14(13-17(21)15-7-3-2-4-8-15)20-18(22)11-10-16-9-5-6-12-19-16/h2-9,12,14,17,21H,10-11,13H2,1H3,(H,20,22)/t14-,17-/m1/s1. The second kappa shape index (κ2) is 8.29. The molecule has 1 amide bonds. The molecule has 22 heavy (non-hydrogen) atoms. The van der Waals surface area contributed by atoms with Crippen molar-refractivity contribution in [2.24, 2.45) is 0 Å². The molecule has 0 aliphatic heterocycles. The number of hydrogen-bond donors (Lipinski definition) is 2. The summed E-state index contributed by atoms with van der Waals surface area (Å²) < 4.78 is 0. The van der Waals surface area contributed by atoms with Gasteiger partial charge in [0.1, 0.15) is 0 Å². The summed E-state index contributed by atoms with van der Waals surface area (Å²) in [4.78, 5) is 16.1. The molecule has 2 rings (SSSR count). The zero-order chi connectivity index (χ0) is 15.8. The minimum Gasteiger partial charge on any atom is -0.388 e. The first kappa shape index (κ1) is 16.2. The highest BCUT2D eigenvalue weighted by Crippen LogP contribution is 2.17. The molecule has 1 aromatic heterocycles. The van der Waals surface area contributed by atoms with E-state index >= 15 is 0 Å². The number of carbonyl (C=O) groups excluding carboxylic acids is 1. The van der Waals surface area contributed by atoms with Gasteiger partial charge in [0, 0.05) is 24.4 Å². The maximum Gasteiger partial charge on any atom is 0.220 e. The lowest BCUT2D eigenvalue weighted by Gasteiger charge is -2.18. The van der Waals surface area contributed by atoms with Gasteiger partial charge in [0.05, 0.1) is 6.10 Å². The zero-order valence-corrected chi connectivity index (χ0v) is 12.8. The fourth-order valence-corrected chi connectivity index (χ4v) is 2.34. The number of aromatic nitrogens is 1. The molecule has 0 fully saturated rings. The van der Waals surface area contributed by atoms with Crippen molar-refractivity contribution in [1.29, 1.82) is 0 Å². The number of benzene rings is 1. The highest BCUT2D eigenvalue weighted by atomic mass is 16.3. The number of aliphatic hydroxyl groups is 1. The smallest absolute Gasteiger partial charge is 0.220 e. The van der Waals surface area contributed by atoms with Crippen LogP contribution in [0.1, 0.15) is 37.1 Å². The maximum absolute atomic E-state index is 11.9. The number of hydrogen-bond acceptors (Lipinski definition) is 3. The quantitative estimate of drug-likeness (QED) is 0.826. The van der Waals surface area contributed by atoms with Crippen LogP contribution in [0.15, 0.2) is 54.7 Å². The van der Waals surface area contributed by atoms with Gasteiger partial charge in [-0.25, -0.2) is 0 Å². The number of carbonyl (C=O) groups is 1. The van der Waals surface area contributed by atoms with Gasteiger partial charge in [-0.15, -0.1) is 0 Å². The summed E-state index contributed by atoms with van der Waals surface area (Å²) in [6.45, 7) is 1.91. The monoisotopic (exact) mass is 298 g/mol. The van der Waals surface area contributed by atoms with Crippen molar-refractivity contribution in [2.45, 2.75) is 38.3 Å². The van der Waals surface area contributed by atoms with Crippen LogP contribution >= 0.6 is 0 Å². The van der Waals surface area contributed by atoms with Crippen LogP contribution in [0.25, 0.3) is 0 Å². The molecule has 0 saturated heterocycles. The van der Waals surface area contributed by atoms with E-state index in [1.54, 1.807) is 6.20 Å². The molecule has 4 nitrogen and oxygen atoms in total. The van der Waals surface area contributed by atoms with E-state index in [1.807, 2.05) is 55.5 Å². The van der Waals surface area contributed by atoms with Gasteiger partial charge >= 0.3 is 0 Å². The first-order chi connectivity index (χ1) is 10.6. The summed E-state index contributed by atoms with van der Waals surface area (Å²) in [5, 5.41) is 13.1. The lowest BCUT2D eigenvalue weighted by Crippen LogP contribution is -2.33. The predicted octanol–water partition coefficient (Wildman–Crippen LogP) is 2.64. The molecule has 1 aromatic carbocycles. The Morgan fingerprint density at radius 1 is 1.18 bits per heavy atom. The number of nitrogens with one attached hydrogen (secondary N) is 1. The van der Waals surface area contributed by atoms with Crippen molar-refractivity contribution in [2.75, 3.05) is 0 Å². The second-order valence-corrected chi connectivity index (χ2v) is 5.45. The molecule has 2 atom stereocenters. The van der Waals surface area contributed by atoms with Gasteiger partial charge in [-0.2, -0.15) is 0 Å². The van der Waals surface area contributed by atoms with Gasteiger partial charge in [-0.1, -0.05) is 36.4 Å². The van der Waals surface area contributed by atoms with Gasteiger partial charge in [-0.3, -0.25) is 9.78 Å². The van der Waals surface area contributed by atoms with Gasteiger partial charge in [0.15, 0.2) is 0 Å². The lowest BCUT2D eigenvalue weighted by atomic mass is 10.0. The molecule has 0 aliphatic carbocycles. The Morgan fingerprint density at radius 3 is 2.59 bits per heavy atom. The van der Waals surface area contributed by atoms with Crippen LogP contribution in [0.5, 0.6) is 0 Å². The third-order valence-electron chi connectivity index (χ3n) is 3.50. The number of aryl methyl sites for hydroxylation is 1. The Balaban J connectivity index is 1.74. The van der Waals surface area contributed by atoms with Gasteiger partial charge in [-0.05, 0) is 37.5 Å². The molecule has 2 N–H and O–H groups in total. The van der Waals surface area contributed by atoms with Crippen LogP contribution in [0.3, 0.4) is 0 Å². The summed E-state index contributed by atoms with van der Waals surface area (Å²) in [6.07, 6.45) is 2.70. The first-order valence-electron chi connectivity index (χ1n) is 7.57. The molecule has 0 unspecified atom stereocenters. The van der Waals surface area contributed by atoms with Crippen LogP contribution in [0.4, 0.5) is 0 Å². The van der Waals surface area contributed by atoms with Gasteiger partial charge in [0.25, 0.3) is 0 Å². The van der Waals surface area contributed by atoms with Crippen LogP contribution in [0, 0.1) is 0 Å². The van der Waals surface area contributed by atoms with Gasteiger partial charge < -0.3 is 10.4 Å². The lowest BCUT2D eigenvalue weighted by molar-refractivity contribution is -0.121. The minimum absolute atomic E-state index is 0.0154. The third kappa shape index (κ3) is 5.30. The van der Waals surface area contributed by atoms with Crippen molar-refractivity contribution in [1.82, 2.24) is 10.3 Å². The highest BCUT2D eigenvalue weighted by molar-refractivity contribution is 5.76. The normalized spacial score (nSPS) is 13.4. The highest BCUT2D eigenvalue weighted by Gasteiger charge is 2.14. The molecule has 4 heteroatoms. The van der Waals surface area contributed by atoms with E-state index in [9.17, 15) is 9.90 Å². The van der Waals surface area contributed by atoms with E-state index in [0.29, 0.717) is 19.3 Å². The zero-order valence-electron chi connectivity index (χ0n) is 12.8. The molecule has 0 bridgehead atoms.